The van der Waals surface area contributed by atoms with Gasteiger partial charge in [0.25, 0.3) is 5.56 Å². The highest BCUT2D eigenvalue weighted by atomic mass is 127. The zero-order valence-electron chi connectivity index (χ0n) is 21.9. The van der Waals surface area contributed by atoms with Crippen molar-refractivity contribution in [2.75, 3.05) is 20.5 Å². The van der Waals surface area contributed by atoms with E-state index in [0.717, 1.165) is 24.0 Å². The smallest absolute Gasteiger partial charge is 0.338 e. The van der Waals surface area contributed by atoms with Crippen LogP contribution in [0.5, 0.6) is 17.2 Å². The second-order valence-electron chi connectivity index (χ2n) is 9.06. The number of benzene rings is 3. The molecule has 3 aromatic carbocycles. The summed E-state index contributed by atoms with van der Waals surface area (Å²) in [6.07, 6.45) is 1.85. The van der Waals surface area contributed by atoms with E-state index in [0.29, 0.717) is 32.1 Å². The van der Waals surface area contributed by atoms with E-state index in [1.807, 2.05) is 60.7 Å². The molecule has 0 bridgehead atoms. The Kier molecular flexibility index (Phi) is 7.92. The van der Waals surface area contributed by atoms with Gasteiger partial charge in [-0.1, -0.05) is 47.7 Å². The molecule has 0 saturated heterocycles. The quantitative estimate of drug-likeness (QED) is 0.205. The lowest BCUT2D eigenvalue weighted by Crippen LogP contribution is -2.40. The molecular weight excluding hydrogens is 770 g/mol. The van der Waals surface area contributed by atoms with E-state index in [-0.39, 0.29) is 24.5 Å². The third-order valence-electron chi connectivity index (χ3n) is 6.61. The number of halogens is 2. The highest BCUT2D eigenvalue weighted by molar-refractivity contribution is 14.1. The summed E-state index contributed by atoms with van der Waals surface area (Å²) in [6.45, 7) is 2.04. The van der Waals surface area contributed by atoms with E-state index < -0.39 is 12.0 Å². The molecule has 11 heteroatoms. The van der Waals surface area contributed by atoms with Crippen LogP contribution in [-0.4, -0.2) is 31.0 Å². The fourth-order valence-electron chi connectivity index (χ4n) is 4.85. The molecule has 0 spiro atoms. The first-order chi connectivity index (χ1) is 19.9. The number of hydrogen-bond acceptors (Lipinski definition) is 8. The normalized spacial score (nSPS) is 15.9. The van der Waals surface area contributed by atoms with Crippen molar-refractivity contribution in [3.63, 3.8) is 0 Å². The van der Waals surface area contributed by atoms with Crippen molar-refractivity contribution in [2.24, 2.45) is 4.99 Å². The van der Waals surface area contributed by atoms with E-state index in [2.05, 4.69) is 45.2 Å². The molecule has 208 valence electrons. The van der Waals surface area contributed by atoms with Crippen LogP contribution in [0.1, 0.15) is 29.7 Å². The van der Waals surface area contributed by atoms with Crippen LogP contribution in [0, 0.1) is 7.14 Å². The van der Waals surface area contributed by atoms with Crippen molar-refractivity contribution in [2.45, 2.75) is 13.0 Å². The van der Waals surface area contributed by atoms with Crippen molar-refractivity contribution in [3.05, 3.63) is 110 Å². The van der Waals surface area contributed by atoms with E-state index in [1.165, 1.54) is 11.3 Å². The Hall–Kier alpha value is -3.17. The van der Waals surface area contributed by atoms with Crippen molar-refractivity contribution >= 4 is 74.3 Å². The minimum Gasteiger partial charge on any atom is -0.495 e. The standard InChI is InChI=1S/C30H22I2N2O6S/c1-3-38-29(36)24-25(17-7-5-4-6-8-17)33-30-34(26(24)18-9-10-21-22(14-18)40-15-39-21)28(35)23(41-30)13-16-11-19(31)27(37-2)20(32)12-16/h4-14,26H,3,15H2,1-2H3/b23-13-. The third kappa shape index (κ3) is 5.18. The molecule has 0 fully saturated rings. The first-order valence-corrected chi connectivity index (χ1v) is 15.6. The summed E-state index contributed by atoms with van der Waals surface area (Å²) in [5.74, 6) is 1.41. The van der Waals surface area contributed by atoms with Gasteiger partial charge in [0.1, 0.15) is 5.75 Å². The maximum atomic E-state index is 14.1. The summed E-state index contributed by atoms with van der Waals surface area (Å²) in [6, 6.07) is 18.0. The van der Waals surface area contributed by atoms with Gasteiger partial charge in [0, 0.05) is 5.56 Å². The summed E-state index contributed by atoms with van der Waals surface area (Å²) < 4.78 is 26.1. The molecule has 0 aliphatic carbocycles. The number of hydrogen-bond donors (Lipinski definition) is 0. The maximum Gasteiger partial charge on any atom is 0.338 e. The average Bonchev–Trinajstić information content (AvgIpc) is 3.56. The van der Waals surface area contributed by atoms with Gasteiger partial charge >= 0.3 is 5.97 Å². The summed E-state index contributed by atoms with van der Waals surface area (Å²) in [7, 11) is 1.64. The minimum atomic E-state index is -0.798. The molecule has 1 aromatic heterocycles. The van der Waals surface area contributed by atoms with Gasteiger partial charge in [0.2, 0.25) is 6.79 Å². The average molecular weight is 792 g/mol. The number of aromatic nitrogens is 1. The molecular formula is C30H22I2N2O6S. The van der Waals surface area contributed by atoms with Crippen LogP contribution in [0.3, 0.4) is 0 Å². The molecule has 6 rings (SSSR count). The third-order valence-corrected chi connectivity index (χ3v) is 9.19. The lowest BCUT2D eigenvalue weighted by atomic mass is 9.93. The van der Waals surface area contributed by atoms with Crippen molar-refractivity contribution in [3.8, 4) is 17.2 Å². The lowest BCUT2D eigenvalue weighted by molar-refractivity contribution is -0.138. The Morgan fingerprint density at radius 2 is 1.83 bits per heavy atom. The number of methoxy groups -OCH3 is 1. The fourth-order valence-corrected chi connectivity index (χ4v) is 8.11. The van der Waals surface area contributed by atoms with E-state index in [9.17, 15) is 9.59 Å². The number of ether oxygens (including phenoxy) is 4. The van der Waals surface area contributed by atoms with Gasteiger partial charge in [-0.3, -0.25) is 9.36 Å². The summed E-state index contributed by atoms with van der Waals surface area (Å²) in [4.78, 5) is 33.1. The fraction of sp³-hybridized carbons (Fsp3) is 0.167. The van der Waals surface area contributed by atoms with Gasteiger partial charge in [-0.25, -0.2) is 9.79 Å². The second kappa shape index (κ2) is 11.6. The van der Waals surface area contributed by atoms with Crippen LogP contribution in [0.4, 0.5) is 0 Å². The molecule has 2 aliphatic heterocycles. The Morgan fingerprint density at radius 1 is 1.10 bits per heavy atom. The van der Waals surface area contributed by atoms with Crippen LogP contribution in [-0.2, 0) is 9.53 Å². The first kappa shape index (κ1) is 28.0. The van der Waals surface area contributed by atoms with Gasteiger partial charge in [0.15, 0.2) is 16.3 Å². The molecule has 1 unspecified atom stereocenters. The van der Waals surface area contributed by atoms with Crippen LogP contribution < -0.4 is 29.1 Å². The Morgan fingerprint density at radius 3 is 2.54 bits per heavy atom. The Balaban J connectivity index is 1.63. The molecule has 0 saturated carbocycles. The number of carbonyl (C=O) groups excluding carboxylic acids is 1. The van der Waals surface area contributed by atoms with Crippen LogP contribution in [0.2, 0.25) is 0 Å². The number of fused-ring (bicyclic) bond motifs is 2. The number of nitrogens with zero attached hydrogens (tertiary/aromatic N) is 2. The Labute approximate surface area is 266 Å². The summed E-state index contributed by atoms with van der Waals surface area (Å²) in [5, 5.41) is 0. The lowest BCUT2D eigenvalue weighted by Gasteiger charge is -2.26. The minimum absolute atomic E-state index is 0.108. The molecule has 0 N–H and O–H groups in total. The number of thiazole rings is 1. The van der Waals surface area contributed by atoms with Crippen LogP contribution in [0.15, 0.2) is 76.0 Å². The predicted molar refractivity (Wildman–Crippen MR) is 172 cm³/mol. The molecule has 8 nitrogen and oxygen atoms in total. The van der Waals surface area contributed by atoms with E-state index >= 15 is 0 Å². The number of rotatable bonds is 6. The topological polar surface area (TPSA) is 88.4 Å². The molecule has 1 atom stereocenters. The highest BCUT2D eigenvalue weighted by Crippen LogP contribution is 2.40. The molecule has 4 aromatic rings. The maximum absolute atomic E-state index is 14.1. The van der Waals surface area contributed by atoms with Gasteiger partial charge in [-0.2, -0.15) is 0 Å². The van der Waals surface area contributed by atoms with Crippen molar-refractivity contribution in [1.29, 1.82) is 0 Å². The zero-order valence-corrected chi connectivity index (χ0v) is 27.0. The Bertz CT molecular complexity index is 1880. The van der Waals surface area contributed by atoms with Gasteiger partial charge in [-0.15, -0.1) is 0 Å². The van der Waals surface area contributed by atoms with Crippen molar-refractivity contribution < 1.29 is 23.7 Å². The zero-order chi connectivity index (χ0) is 28.7. The molecule has 41 heavy (non-hydrogen) atoms. The van der Waals surface area contributed by atoms with Crippen LogP contribution in [0.25, 0.3) is 11.8 Å². The SMILES string of the molecule is CCOC(=O)C1=C(c2ccccc2)N=c2s/c(=C\c3cc(I)c(OC)c(I)c3)c(=O)n2C1c1ccc2c(c1)OCO2. The second-order valence-corrected chi connectivity index (χ2v) is 12.4. The monoisotopic (exact) mass is 792 g/mol. The van der Waals surface area contributed by atoms with E-state index in [4.69, 9.17) is 23.9 Å². The highest BCUT2D eigenvalue weighted by Gasteiger charge is 2.36. The first-order valence-electron chi connectivity index (χ1n) is 12.6. The molecule has 0 radical (unpaired) electrons. The predicted octanol–water partition coefficient (Wildman–Crippen LogP) is 4.88. The van der Waals surface area contributed by atoms with E-state index in [1.54, 1.807) is 24.7 Å². The molecule has 0 amide bonds. The molecule has 2 aliphatic rings. The summed E-state index contributed by atoms with van der Waals surface area (Å²) >= 11 is 5.72. The molecule has 3 heterocycles. The van der Waals surface area contributed by atoms with Crippen LogP contribution >= 0.6 is 56.5 Å². The van der Waals surface area contributed by atoms with Gasteiger partial charge in [-0.05, 0) is 93.6 Å². The van der Waals surface area contributed by atoms with Gasteiger partial charge in [0.05, 0.1) is 42.7 Å². The largest absolute Gasteiger partial charge is 0.495 e. The van der Waals surface area contributed by atoms with Crippen molar-refractivity contribution in [1.82, 2.24) is 4.57 Å². The van der Waals surface area contributed by atoms with Gasteiger partial charge < -0.3 is 18.9 Å². The number of carbonyl (C=O) groups is 1. The number of esters is 1. The summed E-state index contributed by atoms with van der Waals surface area (Å²) in [5.41, 5.74) is 2.78.